The molecule has 2 atom stereocenters. The molecule has 218 valence electrons. The Bertz CT molecular complexity index is 582. The SMILES string of the molecule is CCC(CO)OC(COC(=O)CCC(=O)NCCCOCCOCCOCCCNC(=O)CSC)OC. The summed E-state index contributed by atoms with van der Waals surface area (Å²) in [5.74, 6) is -0.250. The molecule has 0 bridgehead atoms. The van der Waals surface area contributed by atoms with Gasteiger partial charge in [-0.2, -0.15) is 11.8 Å². The maximum atomic E-state index is 11.9. The van der Waals surface area contributed by atoms with Gasteiger partial charge in [0.15, 0.2) is 6.29 Å². The summed E-state index contributed by atoms with van der Waals surface area (Å²) in [6.45, 7) is 5.57. The second-order valence-corrected chi connectivity index (χ2v) is 8.74. The summed E-state index contributed by atoms with van der Waals surface area (Å²) in [5, 5.41) is 14.7. The van der Waals surface area contributed by atoms with Gasteiger partial charge in [0.1, 0.15) is 6.61 Å². The van der Waals surface area contributed by atoms with Gasteiger partial charge in [-0.3, -0.25) is 14.4 Å². The molecule has 12 nitrogen and oxygen atoms in total. The molecule has 0 saturated carbocycles. The van der Waals surface area contributed by atoms with E-state index in [-0.39, 0.29) is 37.9 Å². The van der Waals surface area contributed by atoms with Crippen LogP contribution in [-0.4, -0.2) is 120 Å². The summed E-state index contributed by atoms with van der Waals surface area (Å²) in [7, 11) is 1.42. The lowest BCUT2D eigenvalue weighted by Gasteiger charge is -2.21. The second kappa shape index (κ2) is 26.1. The van der Waals surface area contributed by atoms with Gasteiger partial charge in [0.2, 0.25) is 11.8 Å². The lowest BCUT2D eigenvalue weighted by molar-refractivity contribution is -0.194. The van der Waals surface area contributed by atoms with Crippen LogP contribution in [-0.2, 0) is 42.8 Å². The highest BCUT2D eigenvalue weighted by molar-refractivity contribution is 7.99. The molecule has 0 aromatic carbocycles. The Kier molecular flexibility index (Phi) is 25.1. The average Bonchev–Trinajstić information content (AvgIpc) is 2.90. The van der Waals surface area contributed by atoms with Crippen molar-refractivity contribution in [1.82, 2.24) is 10.6 Å². The summed E-state index contributed by atoms with van der Waals surface area (Å²) in [6.07, 6.45) is 2.71. The number of amides is 2. The van der Waals surface area contributed by atoms with Crippen LogP contribution in [0.15, 0.2) is 0 Å². The normalized spacial score (nSPS) is 12.6. The monoisotopic (exact) mass is 554 g/mol. The zero-order chi connectivity index (χ0) is 27.6. The van der Waals surface area contributed by atoms with E-state index in [0.29, 0.717) is 71.3 Å². The average molecular weight is 555 g/mol. The maximum Gasteiger partial charge on any atom is 0.306 e. The van der Waals surface area contributed by atoms with E-state index in [2.05, 4.69) is 10.6 Å². The molecule has 0 aromatic rings. The molecule has 0 heterocycles. The lowest BCUT2D eigenvalue weighted by Crippen LogP contribution is -2.31. The van der Waals surface area contributed by atoms with Gasteiger partial charge in [-0.25, -0.2) is 0 Å². The number of aliphatic hydroxyl groups excluding tert-OH is 1. The fourth-order valence-corrected chi connectivity index (χ4v) is 3.08. The van der Waals surface area contributed by atoms with E-state index in [1.165, 1.54) is 18.9 Å². The van der Waals surface area contributed by atoms with Crippen molar-refractivity contribution in [2.75, 3.05) is 85.1 Å². The third-order valence-electron chi connectivity index (χ3n) is 4.80. The zero-order valence-electron chi connectivity index (χ0n) is 22.5. The van der Waals surface area contributed by atoms with Crippen LogP contribution in [0.2, 0.25) is 0 Å². The summed E-state index contributed by atoms with van der Waals surface area (Å²) in [6, 6.07) is 0. The van der Waals surface area contributed by atoms with Crippen LogP contribution in [0.25, 0.3) is 0 Å². The van der Waals surface area contributed by atoms with Crippen molar-refractivity contribution in [1.29, 1.82) is 0 Å². The lowest BCUT2D eigenvalue weighted by atomic mass is 10.3. The highest BCUT2D eigenvalue weighted by atomic mass is 32.2. The van der Waals surface area contributed by atoms with E-state index >= 15 is 0 Å². The van der Waals surface area contributed by atoms with Crippen molar-refractivity contribution in [3.63, 3.8) is 0 Å². The molecule has 37 heavy (non-hydrogen) atoms. The molecule has 2 amide bonds. The fourth-order valence-electron chi connectivity index (χ4n) is 2.71. The Morgan fingerprint density at radius 1 is 0.865 bits per heavy atom. The number of methoxy groups -OCH3 is 1. The van der Waals surface area contributed by atoms with E-state index in [0.717, 1.165) is 6.42 Å². The van der Waals surface area contributed by atoms with Crippen LogP contribution < -0.4 is 10.6 Å². The Morgan fingerprint density at radius 3 is 1.95 bits per heavy atom. The van der Waals surface area contributed by atoms with Crippen molar-refractivity contribution >= 4 is 29.5 Å². The molecule has 2 unspecified atom stereocenters. The molecule has 0 aliphatic carbocycles. The van der Waals surface area contributed by atoms with E-state index in [9.17, 15) is 14.4 Å². The van der Waals surface area contributed by atoms with Gasteiger partial charge in [0, 0.05) is 39.8 Å². The molecule has 13 heteroatoms. The standard InChI is InChI=1S/C24H46N2O10S/c1-4-20(17-27)36-24(31-2)18-35-23(30)8-7-21(28)25-9-5-11-32-13-15-34-16-14-33-12-6-10-26-22(29)19-37-3/h20,24,27H,4-19H2,1-3H3,(H,25,28)(H,26,29). The van der Waals surface area contributed by atoms with E-state index in [4.69, 9.17) is 33.5 Å². The molecule has 0 aliphatic heterocycles. The van der Waals surface area contributed by atoms with E-state index < -0.39 is 18.4 Å². The highest BCUT2D eigenvalue weighted by Gasteiger charge is 2.17. The number of nitrogens with one attached hydrogen (secondary N) is 2. The predicted molar refractivity (Wildman–Crippen MR) is 139 cm³/mol. The van der Waals surface area contributed by atoms with Crippen molar-refractivity contribution in [3.05, 3.63) is 0 Å². The summed E-state index contributed by atoms with van der Waals surface area (Å²) in [4.78, 5) is 34.9. The Hall–Kier alpha value is -1.48. The number of thioether (sulfide) groups is 1. The van der Waals surface area contributed by atoms with E-state index in [1.54, 1.807) is 0 Å². The number of aliphatic hydroxyl groups is 1. The number of hydrogen-bond acceptors (Lipinski definition) is 11. The van der Waals surface area contributed by atoms with Gasteiger partial charge in [0.05, 0.1) is 51.3 Å². The summed E-state index contributed by atoms with van der Waals surface area (Å²) < 4.78 is 31.9. The first kappa shape index (κ1) is 35.5. The van der Waals surface area contributed by atoms with Crippen molar-refractivity contribution in [3.8, 4) is 0 Å². The molecule has 0 spiro atoms. The minimum atomic E-state index is -0.769. The summed E-state index contributed by atoms with van der Waals surface area (Å²) >= 11 is 1.49. The topological polar surface area (TPSA) is 151 Å². The first-order valence-electron chi connectivity index (χ1n) is 12.7. The minimum Gasteiger partial charge on any atom is -0.460 e. The quantitative estimate of drug-likeness (QED) is 0.0779. The molecule has 0 saturated heterocycles. The van der Waals surface area contributed by atoms with Crippen molar-refractivity contribution < 1.29 is 47.9 Å². The van der Waals surface area contributed by atoms with Crippen LogP contribution in [0.4, 0.5) is 0 Å². The molecule has 0 fully saturated rings. The van der Waals surface area contributed by atoms with Crippen LogP contribution in [0.1, 0.15) is 39.0 Å². The maximum absolute atomic E-state index is 11.9. The molecule has 3 N–H and O–H groups in total. The largest absolute Gasteiger partial charge is 0.460 e. The van der Waals surface area contributed by atoms with Gasteiger partial charge < -0.3 is 44.2 Å². The number of esters is 1. The number of ether oxygens (including phenoxy) is 6. The first-order valence-corrected chi connectivity index (χ1v) is 14.1. The fraction of sp³-hybridized carbons (Fsp3) is 0.875. The Balaban J connectivity index is 3.49. The third-order valence-corrected chi connectivity index (χ3v) is 5.35. The molecule has 0 aromatic heterocycles. The van der Waals surface area contributed by atoms with Crippen LogP contribution in [0.5, 0.6) is 0 Å². The number of rotatable bonds is 26. The van der Waals surface area contributed by atoms with Gasteiger partial charge in [0.25, 0.3) is 0 Å². The first-order chi connectivity index (χ1) is 18.0. The molecule has 0 aliphatic rings. The minimum absolute atomic E-state index is 0.0228. The predicted octanol–water partition coefficient (Wildman–Crippen LogP) is 0.495. The smallest absolute Gasteiger partial charge is 0.306 e. The molecule has 0 radical (unpaired) electrons. The second-order valence-electron chi connectivity index (χ2n) is 7.87. The third kappa shape index (κ3) is 23.4. The zero-order valence-corrected chi connectivity index (χ0v) is 23.3. The van der Waals surface area contributed by atoms with E-state index in [1.807, 2.05) is 13.2 Å². The van der Waals surface area contributed by atoms with Gasteiger partial charge in [-0.15, -0.1) is 0 Å². The van der Waals surface area contributed by atoms with Gasteiger partial charge in [-0.1, -0.05) is 6.92 Å². The van der Waals surface area contributed by atoms with Crippen LogP contribution in [0, 0.1) is 0 Å². The van der Waals surface area contributed by atoms with Crippen LogP contribution in [0.3, 0.4) is 0 Å². The van der Waals surface area contributed by atoms with Crippen molar-refractivity contribution in [2.24, 2.45) is 0 Å². The Morgan fingerprint density at radius 2 is 1.43 bits per heavy atom. The highest BCUT2D eigenvalue weighted by Crippen LogP contribution is 2.05. The number of carbonyl (C=O) groups excluding carboxylic acids is 3. The molecular formula is C24H46N2O10S. The van der Waals surface area contributed by atoms with Crippen LogP contribution >= 0.6 is 11.8 Å². The van der Waals surface area contributed by atoms with Gasteiger partial charge in [-0.05, 0) is 25.5 Å². The van der Waals surface area contributed by atoms with Crippen molar-refractivity contribution in [2.45, 2.75) is 51.4 Å². The summed E-state index contributed by atoms with van der Waals surface area (Å²) in [5.41, 5.74) is 0. The Labute approximate surface area is 224 Å². The van der Waals surface area contributed by atoms with Gasteiger partial charge >= 0.3 is 5.97 Å². The number of hydrogen-bond donors (Lipinski definition) is 3. The number of carbonyl (C=O) groups is 3. The molecule has 0 rings (SSSR count). The molecular weight excluding hydrogens is 508 g/mol.